The van der Waals surface area contributed by atoms with Crippen LogP contribution in [0.4, 0.5) is 0 Å². The van der Waals surface area contributed by atoms with E-state index in [0.717, 1.165) is 27.2 Å². The Morgan fingerprint density at radius 1 is 1.43 bits per heavy atom. The molecule has 0 aromatic carbocycles. The first-order chi connectivity index (χ1) is 6.47. The molecule has 1 N–H and O–H groups in total. The predicted molar refractivity (Wildman–Crippen MR) is 65.9 cm³/mol. The standard InChI is InChI=1S/C10H15Cl2NS/c1-10(2,4-5-13-3)7-6-8(11)14-9(7)12/h6,13H,4-5H2,1-3H3. The van der Waals surface area contributed by atoms with Crippen LogP contribution in [0.15, 0.2) is 6.07 Å². The van der Waals surface area contributed by atoms with Crippen LogP contribution in [-0.2, 0) is 5.41 Å². The zero-order chi connectivity index (χ0) is 10.8. The molecule has 0 fully saturated rings. The number of thiophene rings is 1. The van der Waals surface area contributed by atoms with Crippen LogP contribution in [0, 0.1) is 0 Å². The van der Waals surface area contributed by atoms with E-state index in [0.29, 0.717) is 0 Å². The Morgan fingerprint density at radius 3 is 2.50 bits per heavy atom. The number of rotatable bonds is 4. The Hall–Kier alpha value is 0.240. The van der Waals surface area contributed by atoms with Gasteiger partial charge in [-0.15, -0.1) is 11.3 Å². The van der Waals surface area contributed by atoms with E-state index in [1.807, 2.05) is 13.1 Å². The van der Waals surface area contributed by atoms with E-state index in [1.165, 1.54) is 11.3 Å². The summed E-state index contributed by atoms with van der Waals surface area (Å²) in [6, 6.07) is 1.98. The maximum atomic E-state index is 6.12. The van der Waals surface area contributed by atoms with Gasteiger partial charge in [-0.05, 0) is 37.1 Å². The minimum atomic E-state index is 0.0870. The lowest BCUT2D eigenvalue weighted by molar-refractivity contribution is 0.470. The molecule has 0 radical (unpaired) electrons. The molecule has 0 saturated heterocycles. The average Bonchev–Trinajstić information content (AvgIpc) is 2.42. The topological polar surface area (TPSA) is 12.0 Å². The largest absolute Gasteiger partial charge is 0.320 e. The summed E-state index contributed by atoms with van der Waals surface area (Å²) in [5.41, 5.74) is 1.24. The van der Waals surface area contributed by atoms with Gasteiger partial charge in [-0.1, -0.05) is 37.0 Å². The fourth-order valence-corrected chi connectivity index (χ4v) is 3.19. The highest BCUT2D eigenvalue weighted by molar-refractivity contribution is 7.20. The molecule has 0 atom stereocenters. The van der Waals surface area contributed by atoms with Crippen LogP contribution >= 0.6 is 34.5 Å². The van der Waals surface area contributed by atoms with Crippen molar-refractivity contribution in [1.82, 2.24) is 5.32 Å². The van der Waals surface area contributed by atoms with E-state index < -0.39 is 0 Å². The molecule has 0 aliphatic heterocycles. The normalized spacial score (nSPS) is 12.1. The van der Waals surface area contributed by atoms with E-state index in [2.05, 4.69) is 19.2 Å². The van der Waals surface area contributed by atoms with Gasteiger partial charge in [-0.2, -0.15) is 0 Å². The fourth-order valence-electron chi connectivity index (χ4n) is 1.37. The SMILES string of the molecule is CNCCC(C)(C)c1cc(Cl)sc1Cl. The highest BCUT2D eigenvalue weighted by atomic mass is 35.5. The predicted octanol–water partition coefficient (Wildman–Crippen LogP) is 3.94. The highest BCUT2D eigenvalue weighted by Gasteiger charge is 2.24. The van der Waals surface area contributed by atoms with Crippen LogP contribution in [0.5, 0.6) is 0 Å². The molecule has 0 amide bonds. The molecule has 80 valence electrons. The second-order valence-electron chi connectivity index (χ2n) is 3.98. The Bertz CT molecular complexity index is 307. The second-order valence-corrected chi connectivity index (χ2v) is 6.26. The highest BCUT2D eigenvalue weighted by Crippen LogP contribution is 2.39. The molecule has 1 aromatic rings. The Balaban J connectivity index is 2.85. The zero-order valence-electron chi connectivity index (χ0n) is 8.66. The molecule has 14 heavy (non-hydrogen) atoms. The number of hydrogen-bond donors (Lipinski definition) is 1. The summed E-state index contributed by atoms with van der Waals surface area (Å²) in [6.45, 7) is 5.36. The van der Waals surface area contributed by atoms with Gasteiger partial charge in [-0.3, -0.25) is 0 Å². The molecule has 0 saturated carbocycles. The van der Waals surface area contributed by atoms with Crippen molar-refractivity contribution in [3.63, 3.8) is 0 Å². The van der Waals surface area contributed by atoms with Crippen molar-refractivity contribution in [2.24, 2.45) is 0 Å². The van der Waals surface area contributed by atoms with Crippen molar-refractivity contribution in [2.75, 3.05) is 13.6 Å². The third kappa shape index (κ3) is 2.86. The maximum absolute atomic E-state index is 6.12. The van der Waals surface area contributed by atoms with Crippen molar-refractivity contribution >= 4 is 34.5 Å². The quantitative estimate of drug-likeness (QED) is 0.855. The molecule has 1 aromatic heterocycles. The van der Waals surface area contributed by atoms with Crippen molar-refractivity contribution in [2.45, 2.75) is 25.7 Å². The second kappa shape index (κ2) is 4.84. The van der Waals surface area contributed by atoms with Gasteiger partial charge < -0.3 is 5.32 Å². The smallest absolute Gasteiger partial charge is 0.0981 e. The summed E-state index contributed by atoms with van der Waals surface area (Å²) in [6.07, 6.45) is 1.05. The fraction of sp³-hybridized carbons (Fsp3) is 0.600. The summed E-state index contributed by atoms with van der Waals surface area (Å²) in [5.74, 6) is 0. The Labute approximate surface area is 99.4 Å². The first kappa shape index (κ1) is 12.3. The Morgan fingerprint density at radius 2 is 2.07 bits per heavy atom. The van der Waals surface area contributed by atoms with Crippen LogP contribution in [0.25, 0.3) is 0 Å². The molecule has 4 heteroatoms. The minimum absolute atomic E-state index is 0.0870. The molecule has 0 bridgehead atoms. The molecule has 0 spiro atoms. The van der Waals surface area contributed by atoms with Gasteiger partial charge in [0.05, 0.1) is 8.67 Å². The summed E-state index contributed by atoms with van der Waals surface area (Å²) in [4.78, 5) is 0. The molecular formula is C10H15Cl2NS. The summed E-state index contributed by atoms with van der Waals surface area (Å²) < 4.78 is 1.58. The van der Waals surface area contributed by atoms with Crippen LogP contribution in [-0.4, -0.2) is 13.6 Å². The van der Waals surface area contributed by atoms with Crippen molar-refractivity contribution in [3.8, 4) is 0 Å². The monoisotopic (exact) mass is 251 g/mol. The molecular weight excluding hydrogens is 237 g/mol. The van der Waals surface area contributed by atoms with Gasteiger partial charge in [0.2, 0.25) is 0 Å². The molecule has 0 aliphatic rings. The van der Waals surface area contributed by atoms with Crippen LogP contribution in [0.1, 0.15) is 25.8 Å². The van der Waals surface area contributed by atoms with Gasteiger partial charge >= 0.3 is 0 Å². The van der Waals surface area contributed by atoms with Crippen LogP contribution in [0.2, 0.25) is 8.67 Å². The summed E-state index contributed by atoms with van der Waals surface area (Å²) >= 11 is 13.5. The van der Waals surface area contributed by atoms with Gasteiger partial charge in [-0.25, -0.2) is 0 Å². The number of hydrogen-bond acceptors (Lipinski definition) is 2. The lowest BCUT2D eigenvalue weighted by atomic mass is 9.83. The van der Waals surface area contributed by atoms with Crippen molar-refractivity contribution < 1.29 is 0 Å². The van der Waals surface area contributed by atoms with Gasteiger partial charge in [0.25, 0.3) is 0 Å². The summed E-state index contributed by atoms with van der Waals surface area (Å²) in [5, 5.41) is 3.15. The van der Waals surface area contributed by atoms with E-state index in [1.54, 1.807) is 0 Å². The van der Waals surface area contributed by atoms with Crippen LogP contribution < -0.4 is 5.32 Å². The van der Waals surface area contributed by atoms with E-state index in [9.17, 15) is 0 Å². The number of nitrogens with one attached hydrogen (secondary N) is 1. The first-order valence-corrected chi connectivity index (χ1v) is 6.14. The molecule has 0 aliphatic carbocycles. The van der Waals surface area contributed by atoms with Crippen molar-refractivity contribution in [3.05, 3.63) is 20.3 Å². The van der Waals surface area contributed by atoms with E-state index in [4.69, 9.17) is 23.2 Å². The maximum Gasteiger partial charge on any atom is 0.0981 e. The Kier molecular flexibility index (Phi) is 4.26. The van der Waals surface area contributed by atoms with E-state index >= 15 is 0 Å². The lowest BCUT2D eigenvalue weighted by Crippen LogP contribution is -2.23. The first-order valence-electron chi connectivity index (χ1n) is 4.57. The van der Waals surface area contributed by atoms with Gasteiger partial charge in [0.1, 0.15) is 0 Å². The van der Waals surface area contributed by atoms with Gasteiger partial charge in [0.15, 0.2) is 0 Å². The minimum Gasteiger partial charge on any atom is -0.320 e. The zero-order valence-corrected chi connectivity index (χ0v) is 11.0. The third-order valence-electron chi connectivity index (χ3n) is 2.39. The van der Waals surface area contributed by atoms with Gasteiger partial charge in [0, 0.05) is 0 Å². The molecule has 1 heterocycles. The number of halogens is 2. The molecule has 0 unspecified atom stereocenters. The average molecular weight is 252 g/mol. The molecule has 1 rings (SSSR count). The van der Waals surface area contributed by atoms with Crippen LogP contribution in [0.3, 0.4) is 0 Å². The third-order valence-corrected chi connectivity index (χ3v) is 3.87. The van der Waals surface area contributed by atoms with E-state index in [-0.39, 0.29) is 5.41 Å². The lowest BCUT2D eigenvalue weighted by Gasteiger charge is -2.24. The molecule has 1 nitrogen and oxygen atoms in total. The van der Waals surface area contributed by atoms with Crippen molar-refractivity contribution in [1.29, 1.82) is 0 Å². The summed E-state index contributed by atoms with van der Waals surface area (Å²) in [7, 11) is 1.96.